The molecule has 0 aliphatic carbocycles. The minimum Gasteiger partial charge on any atom is -0.342 e. The molecule has 1 N–H and O–H groups in total. The predicted octanol–water partition coefficient (Wildman–Crippen LogP) is 5.21. The summed E-state index contributed by atoms with van der Waals surface area (Å²) in [4.78, 5) is 7.80. The van der Waals surface area contributed by atoms with E-state index in [2.05, 4.69) is 51.9 Å². The van der Waals surface area contributed by atoms with Gasteiger partial charge in [0.05, 0.1) is 15.9 Å². The molecule has 2 nitrogen and oxygen atoms in total. The minimum absolute atomic E-state index is 0.576. The Morgan fingerprint density at radius 3 is 2.63 bits per heavy atom. The van der Waals surface area contributed by atoms with Crippen molar-refractivity contribution < 1.29 is 0 Å². The number of nitrogens with one attached hydrogen (secondary N) is 1. The van der Waals surface area contributed by atoms with Gasteiger partial charge in [0.2, 0.25) is 0 Å². The molecule has 1 aromatic heterocycles. The molecule has 0 amide bonds. The molecule has 5 heteroatoms. The van der Waals surface area contributed by atoms with E-state index in [-0.39, 0.29) is 0 Å². The molecule has 0 atom stereocenters. The lowest BCUT2D eigenvalue weighted by molar-refractivity contribution is 1.01. The number of rotatable bonds is 4. The first-order valence-electron chi connectivity index (χ1n) is 6.03. The molecule has 100 valence electrons. The molecule has 0 aliphatic heterocycles. The maximum atomic E-state index is 5.32. The lowest BCUT2D eigenvalue weighted by atomic mass is 10.1. The van der Waals surface area contributed by atoms with Crippen LogP contribution >= 0.6 is 39.9 Å². The standard InChI is InChI=1S/C14H15BrN2S2/c1-9(2)19-8-11-16-13(12(15)14(18)17-11)10-6-4-3-5-7-10/h3-7,9H,8H2,1-2H3,(H,16,17,18). The molecule has 0 saturated heterocycles. The maximum Gasteiger partial charge on any atom is 0.144 e. The van der Waals surface area contributed by atoms with Crippen molar-refractivity contribution in [2.45, 2.75) is 24.9 Å². The van der Waals surface area contributed by atoms with E-state index < -0.39 is 0 Å². The summed E-state index contributed by atoms with van der Waals surface area (Å²) in [6, 6.07) is 10.2. The van der Waals surface area contributed by atoms with Gasteiger partial charge in [-0.3, -0.25) is 0 Å². The zero-order valence-electron chi connectivity index (χ0n) is 10.8. The lowest BCUT2D eigenvalue weighted by Gasteiger charge is -2.09. The fourth-order valence-electron chi connectivity index (χ4n) is 1.62. The van der Waals surface area contributed by atoms with Gasteiger partial charge in [0.1, 0.15) is 10.5 Å². The quantitative estimate of drug-likeness (QED) is 0.763. The molecular formula is C14H15BrN2S2. The van der Waals surface area contributed by atoms with Crippen LogP contribution in [0.15, 0.2) is 34.8 Å². The van der Waals surface area contributed by atoms with Crippen molar-refractivity contribution in [3.05, 3.63) is 45.3 Å². The summed E-state index contributed by atoms with van der Waals surface area (Å²) in [6.07, 6.45) is 0. The number of H-pyrrole nitrogens is 1. The summed E-state index contributed by atoms with van der Waals surface area (Å²) >= 11 is 10.7. The maximum absolute atomic E-state index is 5.32. The summed E-state index contributed by atoms with van der Waals surface area (Å²) < 4.78 is 1.46. The highest BCUT2D eigenvalue weighted by molar-refractivity contribution is 9.10. The van der Waals surface area contributed by atoms with Crippen LogP contribution in [0, 0.1) is 4.64 Å². The van der Waals surface area contributed by atoms with E-state index in [1.54, 1.807) is 0 Å². The fraction of sp³-hybridized carbons (Fsp3) is 0.286. The summed E-state index contributed by atoms with van der Waals surface area (Å²) in [5.74, 6) is 1.76. The van der Waals surface area contributed by atoms with Crippen molar-refractivity contribution >= 4 is 39.9 Å². The van der Waals surface area contributed by atoms with Gasteiger partial charge in [0.15, 0.2) is 0 Å². The van der Waals surface area contributed by atoms with Gasteiger partial charge in [-0.25, -0.2) is 4.98 Å². The first-order valence-corrected chi connectivity index (χ1v) is 8.28. The van der Waals surface area contributed by atoms with Crippen LogP contribution < -0.4 is 0 Å². The van der Waals surface area contributed by atoms with Gasteiger partial charge in [0.25, 0.3) is 0 Å². The van der Waals surface area contributed by atoms with Crippen molar-refractivity contribution in [3.8, 4) is 11.3 Å². The Hall–Kier alpha value is -0.650. The largest absolute Gasteiger partial charge is 0.342 e. The number of hydrogen-bond donors (Lipinski definition) is 1. The molecule has 2 aromatic rings. The molecule has 0 radical (unpaired) electrons. The van der Waals surface area contributed by atoms with E-state index in [0.29, 0.717) is 9.89 Å². The second-order valence-electron chi connectivity index (χ2n) is 4.40. The topological polar surface area (TPSA) is 28.7 Å². The molecule has 0 spiro atoms. The summed E-state index contributed by atoms with van der Waals surface area (Å²) in [7, 11) is 0. The molecule has 19 heavy (non-hydrogen) atoms. The van der Waals surface area contributed by atoms with Crippen LogP contribution in [0.25, 0.3) is 11.3 Å². The summed E-state index contributed by atoms with van der Waals surface area (Å²) in [5.41, 5.74) is 2.11. The van der Waals surface area contributed by atoms with Crippen LogP contribution in [0.1, 0.15) is 19.7 Å². The van der Waals surface area contributed by atoms with Crippen LogP contribution in [-0.4, -0.2) is 15.2 Å². The van der Waals surface area contributed by atoms with Gasteiger partial charge < -0.3 is 4.98 Å². The second kappa shape index (κ2) is 6.68. The van der Waals surface area contributed by atoms with Crippen LogP contribution in [-0.2, 0) is 5.75 Å². The summed E-state index contributed by atoms with van der Waals surface area (Å²) in [6.45, 7) is 4.35. The van der Waals surface area contributed by atoms with E-state index in [9.17, 15) is 0 Å². The van der Waals surface area contributed by atoms with Crippen molar-refractivity contribution in [2.75, 3.05) is 0 Å². The highest BCUT2D eigenvalue weighted by Crippen LogP contribution is 2.27. The number of nitrogens with zero attached hydrogens (tertiary/aromatic N) is 1. The van der Waals surface area contributed by atoms with Crippen molar-refractivity contribution in [1.82, 2.24) is 9.97 Å². The van der Waals surface area contributed by atoms with Gasteiger partial charge in [-0.2, -0.15) is 11.8 Å². The molecule has 0 fully saturated rings. The van der Waals surface area contributed by atoms with Gasteiger partial charge in [0, 0.05) is 0 Å². The third kappa shape index (κ3) is 3.91. The molecule has 0 bridgehead atoms. The molecule has 0 aliphatic rings. The molecule has 1 heterocycles. The number of aromatic amines is 1. The minimum atomic E-state index is 0.576. The van der Waals surface area contributed by atoms with Crippen LogP contribution in [0.2, 0.25) is 0 Å². The van der Waals surface area contributed by atoms with E-state index in [0.717, 1.165) is 27.3 Å². The highest BCUT2D eigenvalue weighted by atomic mass is 79.9. The average molecular weight is 355 g/mol. The Labute approximate surface area is 131 Å². The van der Waals surface area contributed by atoms with Crippen molar-refractivity contribution in [1.29, 1.82) is 0 Å². The van der Waals surface area contributed by atoms with Gasteiger partial charge >= 0.3 is 0 Å². The number of benzene rings is 1. The molecule has 0 saturated carbocycles. The summed E-state index contributed by atoms with van der Waals surface area (Å²) in [5, 5.41) is 0.576. The Balaban J connectivity index is 2.41. The Bertz CT molecular complexity index is 609. The van der Waals surface area contributed by atoms with E-state index in [4.69, 9.17) is 12.2 Å². The zero-order chi connectivity index (χ0) is 13.8. The first-order chi connectivity index (χ1) is 9.08. The van der Waals surface area contributed by atoms with Crippen LogP contribution in [0.5, 0.6) is 0 Å². The Kier molecular flexibility index (Phi) is 5.19. The van der Waals surface area contributed by atoms with E-state index in [1.165, 1.54) is 0 Å². The van der Waals surface area contributed by atoms with Gasteiger partial charge in [-0.1, -0.05) is 56.4 Å². The molecule has 2 rings (SSSR count). The molecule has 0 unspecified atom stereocenters. The van der Waals surface area contributed by atoms with Crippen molar-refractivity contribution in [3.63, 3.8) is 0 Å². The Morgan fingerprint density at radius 1 is 1.32 bits per heavy atom. The zero-order valence-corrected chi connectivity index (χ0v) is 14.0. The third-order valence-corrected chi connectivity index (χ3v) is 4.97. The SMILES string of the molecule is CC(C)SCc1nc(=S)c(Br)c(-c2ccccc2)[nH]1. The third-order valence-electron chi connectivity index (χ3n) is 2.53. The highest BCUT2D eigenvalue weighted by Gasteiger charge is 2.09. The average Bonchev–Trinajstić information content (AvgIpc) is 2.41. The second-order valence-corrected chi connectivity index (χ2v) is 7.15. The smallest absolute Gasteiger partial charge is 0.144 e. The van der Waals surface area contributed by atoms with Gasteiger partial charge in [-0.05, 0) is 26.7 Å². The molecule has 1 aromatic carbocycles. The normalized spacial score (nSPS) is 10.9. The monoisotopic (exact) mass is 354 g/mol. The fourth-order valence-corrected chi connectivity index (χ4v) is 2.88. The van der Waals surface area contributed by atoms with Crippen molar-refractivity contribution in [2.24, 2.45) is 0 Å². The number of aromatic nitrogens is 2. The van der Waals surface area contributed by atoms with Gasteiger partial charge in [-0.15, -0.1) is 0 Å². The first kappa shape index (κ1) is 14.8. The van der Waals surface area contributed by atoms with E-state index >= 15 is 0 Å². The number of thioether (sulfide) groups is 1. The predicted molar refractivity (Wildman–Crippen MR) is 89.0 cm³/mol. The Morgan fingerprint density at radius 2 is 2.00 bits per heavy atom. The number of hydrogen-bond acceptors (Lipinski definition) is 3. The lowest BCUT2D eigenvalue weighted by Crippen LogP contribution is -1.99. The van der Waals surface area contributed by atoms with E-state index in [1.807, 2.05) is 30.0 Å². The van der Waals surface area contributed by atoms with Crippen LogP contribution in [0.3, 0.4) is 0 Å². The number of halogens is 1. The van der Waals surface area contributed by atoms with Crippen LogP contribution in [0.4, 0.5) is 0 Å². The molecular weight excluding hydrogens is 340 g/mol.